The second kappa shape index (κ2) is 5.78. The normalized spacial score (nSPS) is 11.1. The van der Waals surface area contributed by atoms with E-state index in [2.05, 4.69) is 24.1 Å². The fraction of sp³-hybridized carbons (Fsp3) is 0.357. The number of nitrogens with zero attached hydrogens (tertiary/aromatic N) is 2. The summed E-state index contributed by atoms with van der Waals surface area (Å²) in [7, 11) is 0. The van der Waals surface area contributed by atoms with Gasteiger partial charge in [0.1, 0.15) is 5.82 Å². The molecule has 96 valence electrons. The molecule has 1 heterocycles. The number of nitrogens with one attached hydrogen (secondary N) is 1. The number of imidazole rings is 1. The molecule has 1 aromatic carbocycles. The lowest BCUT2D eigenvalue weighted by molar-refractivity contribution is 0.543. The fourth-order valence-corrected chi connectivity index (χ4v) is 1.86. The van der Waals surface area contributed by atoms with Gasteiger partial charge in [-0.05, 0) is 12.1 Å². The molecule has 4 heteroatoms. The maximum absolute atomic E-state index is 13.2. The van der Waals surface area contributed by atoms with E-state index in [-0.39, 0.29) is 5.82 Å². The second-order valence-corrected chi connectivity index (χ2v) is 4.59. The first kappa shape index (κ1) is 12.8. The van der Waals surface area contributed by atoms with Crippen molar-refractivity contribution in [2.45, 2.75) is 26.4 Å². The number of hydrogen-bond acceptors (Lipinski definition) is 2. The monoisotopic (exact) mass is 247 g/mol. The van der Waals surface area contributed by atoms with Gasteiger partial charge in [0.2, 0.25) is 0 Å². The van der Waals surface area contributed by atoms with Crippen molar-refractivity contribution in [3.05, 3.63) is 42.6 Å². The van der Waals surface area contributed by atoms with Crippen LogP contribution in [0.5, 0.6) is 0 Å². The molecule has 0 aliphatic rings. The Kier molecular flexibility index (Phi) is 4.10. The first-order valence-electron chi connectivity index (χ1n) is 6.16. The van der Waals surface area contributed by atoms with Crippen LogP contribution in [0.4, 0.5) is 4.39 Å². The van der Waals surface area contributed by atoms with Gasteiger partial charge in [-0.15, -0.1) is 0 Å². The van der Waals surface area contributed by atoms with Crippen LogP contribution in [0.1, 0.15) is 13.8 Å². The van der Waals surface area contributed by atoms with E-state index >= 15 is 0 Å². The topological polar surface area (TPSA) is 29.9 Å². The summed E-state index contributed by atoms with van der Waals surface area (Å²) in [6.45, 7) is 5.92. The lowest BCUT2D eigenvalue weighted by atomic mass is 10.1. The Morgan fingerprint density at radius 3 is 2.94 bits per heavy atom. The molecule has 0 radical (unpaired) electrons. The van der Waals surface area contributed by atoms with Crippen LogP contribution >= 0.6 is 0 Å². The Balaban J connectivity index is 2.12. The maximum Gasteiger partial charge on any atom is 0.123 e. The van der Waals surface area contributed by atoms with Crippen molar-refractivity contribution in [2.75, 3.05) is 6.54 Å². The summed E-state index contributed by atoms with van der Waals surface area (Å²) in [5, 5.41) is 3.35. The minimum atomic E-state index is -0.222. The van der Waals surface area contributed by atoms with Crippen LogP contribution in [-0.4, -0.2) is 22.1 Å². The van der Waals surface area contributed by atoms with E-state index in [1.54, 1.807) is 18.6 Å². The second-order valence-electron chi connectivity index (χ2n) is 4.59. The molecule has 2 rings (SSSR count). The molecule has 0 atom stereocenters. The summed E-state index contributed by atoms with van der Waals surface area (Å²) in [6, 6.07) is 7.06. The zero-order chi connectivity index (χ0) is 13.0. The summed E-state index contributed by atoms with van der Waals surface area (Å²) in [6.07, 6.45) is 3.55. The van der Waals surface area contributed by atoms with Crippen molar-refractivity contribution in [3.8, 4) is 11.3 Å². The number of aromatic nitrogens is 2. The third kappa shape index (κ3) is 3.17. The molecule has 0 bridgehead atoms. The smallest absolute Gasteiger partial charge is 0.123 e. The molecule has 1 N–H and O–H groups in total. The van der Waals surface area contributed by atoms with Crippen molar-refractivity contribution < 1.29 is 4.39 Å². The molecule has 0 fully saturated rings. The van der Waals surface area contributed by atoms with Crippen LogP contribution in [0.3, 0.4) is 0 Å². The largest absolute Gasteiger partial charge is 0.329 e. The van der Waals surface area contributed by atoms with E-state index in [1.165, 1.54) is 12.1 Å². The zero-order valence-corrected chi connectivity index (χ0v) is 10.7. The zero-order valence-electron chi connectivity index (χ0n) is 10.7. The Labute approximate surface area is 107 Å². The summed E-state index contributed by atoms with van der Waals surface area (Å²) in [4.78, 5) is 4.14. The van der Waals surface area contributed by atoms with Crippen molar-refractivity contribution >= 4 is 0 Å². The Bertz CT molecular complexity index is 505. The van der Waals surface area contributed by atoms with Gasteiger partial charge in [0.15, 0.2) is 0 Å². The number of hydrogen-bond donors (Lipinski definition) is 1. The highest BCUT2D eigenvalue weighted by molar-refractivity contribution is 5.58. The van der Waals surface area contributed by atoms with Crippen LogP contribution in [0.2, 0.25) is 0 Å². The molecule has 0 aliphatic carbocycles. The quantitative estimate of drug-likeness (QED) is 0.880. The molecule has 2 aromatic rings. The lowest BCUT2D eigenvalue weighted by Crippen LogP contribution is -2.26. The Hall–Kier alpha value is -1.68. The van der Waals surface area contributed by atoms with E-state index in [4.69, 9.17) is 0 Å². The highest BCUT2D eigenvalue weighted by Gasteiger charge is 2.05. The minimum Gasteiger partial charge on any atom is -0.329 e. The Morgan fingerprint density at radius 1 is 1.39 bits per heavy atom. The molecule has 0 aliphatic heterocycles. The van der Waals surface area contributed by atoms with Gasteiger partial charge >= 0.3 is 0 Å². The summed E-state index contributed by atoms with van der Waals surface area (Å²) in [5.74, 6) is -0.222. The van der Waals surface area contributed by atoms with Crippen LogP contribution in [0, 0.1) is 5.82 Å². The molecule has 0 spiro atoms. The van der Waals surface area contributed by atoms with Crippen molar-refractivity contribution in [3.63, 3.8) is 0 Å². The first-order valence-corrected chi connectivity index (χ1v) is 6.16. The predicted molar refractivity (Wildman–Crippen MR) is 70.8 cm³/mol. The average molecular weight is 247 g/mol. The summed E-state index contributed by atoms with van der Waals surface area (Å²) in [5.41, 5.74) is 1.80. The number of benzene rings is 1. The minimum absolute atomic E-state index is 0.222. The third-order valence-corrected chi connectivity index (χ3v) is 2.74. The van der Waals surface area contributed by atoms with E-state index in [1.807, 2.05) is 10.6 Å². The molecule has 0 saturated heterocycles. The molecular weight excluding hydrogens is 229 g/mol. The van der Waals surface area contributed by atoms with Gasteiger partial charge in [0, 0.05) is 24.7 Å². The van der Waals surface area contributed by atoms with Gasteiger partial charge in [-0.1, -0.05) is 26.0 Å². The highest BCUT2D eigenvalue weighted by Crippen LogP contribution is 2.19. The van der Waals surface area contributed by atoms with Crippen LogP contribution in [-0.2, 0) is 6.54 Å². The van der Waals surface area contributed by atoms with Gasteiger partial charge in [-0.3, -0.25) is 0 Å². The Morgan fingerprint density at radius 2 is 2.22 bits per heavy atom. The van der Waals surface area contributed by atoms with Crippen LogP contribution in [0.25, 0.3) is 11.3 Å². The van der Waals surface area contributed by atoms with Gasteiger partial charge in [0.05, 0.1) is 18.2 Å². The number of rotatable bonds is 5. The summed E-state index contributed by atoms with van der Waals surface area (Å²) < 4.78 is 15.2. The summed E-state index contributed by atoms with van der Waals surface area (Å²) >= 11 is 0. The first-order chi connectivity index (χ1) is 8.66. The molecular formula is C14H18FN3. The maximum atomic E-state index is 13.2. The molecule has 0 unspecified atom stereocenters. The van der Waals surface area contributed by atoms with Gasteiger partial charge in [0.25, 0.3) is 0 Å². The van der Waals surface area contributed by atoms with E-state index in [0.29, 0.717) is 6.04 Å². The lowest BCUT2D eigenvalue weighted by Gasteiger charge is -2.11. The van der Waals surface area contributed by atoms with E-state index in [9.17, 15) is 4.39 Å². The van der Waals surface area contributed by atoms with Gasteiger partial charge in [-0.2, -0.15) is 0 Å². The van der Waals surface area contributed by atoms with Crippen LogP contribution < -0.4 is 5.32 Å². The predicted octanol–water partition coefficient (Wildman–Crippen LogP) is 2.69. The van der Waals surface area contributed by atoms with Gasteiger partial charge in [-0.25, -0.2) is 9.37 Å². The van der Waals surface area contributed by atoms with Crippen LogP contribution in [0.15, 0.2) is 36.8 Å². The highest BCUT2D eigenvalue weighted by atomic mass is 19.1. The van der Waals surface area contributed by atoms with Gasteiger partial charge < -0.3 is 9.88 Å². The van der Waals surface area contributed by atoms with Crippen molar-refractivity contribution in [1.29, 1.82) is 0 Å². The average Bonchev–Trinajstić information content (AvgIpc) is 2.77. The van der Waals surface area contributed by atoms with Crippen molar-refractivity contribution in [2.24, 2.45) is 0 Å². The number of halogens is 1. The molecule has 18 heavy (non-hydrogen) atoms. The van der Waals surface area contributed by atoms with E-state index in [0.717, 1.165) is 24.3 Å². The molecule has 0 saturated carbocycles. The molecule has 1 aromatic heterocycles. The standard InChI is InChI=1S/C14H18FN3/c1-11(2)17-6-7-18-10-16-9-14(18)12-4-3-5-13(15)8-12/h3-5,8-11,17H,6-7H2,1-2H3. The molecule has 0 amide bonds. The third-order valence-electron chi connectivity index (χ3n) is 2.74. The fourth-order valence-electron chi connectivity index (χ4n) is 1.86. The molecule has 3 nitrogen and oxygen atoms in total. The SMILES string of the molecule is CC(C)NCCn1cncc1-c1cccc(F)c1. The van der Waals surface area contributed by atoms with Crippen molar-refractivity contribution in [1.82, 2.24) is 14.9 Å². The van der Waals surface area contributed by atoms with E-state index < -0.39 is 0 Å².